The van der Waals surface area contributed by atoms with Gasteiger partial charge >= 0.3 is 0 Å². The molecule has 1 unspecified atom stereocenters. The molecule has 0 spiro atoms. The highest BCUT2D eigenvalue weighted by molar-refractivity contribution is 5.91. The first-order valence-corrected chi connectivity index (χ1v) is 6.76. The van der Waals surface area contributed by atoms with Crippen LogP contribution in [0.4, 0.5) is 0 Å². The third kappa shape index (κ3) is 6.24. The molecule has 0 heterocycles. The number of amides is 1. The number of rotatable bonds is 7. The summed E-state index contributed by atoms with van der Waals surface area (Å²) in [4.78, 5) is 11.7. The van der Waals surface area contributed by atoms with Gasteiger partial charge in [-0.1, -0.05) is 56.5 Å². The van der Waals surface area contributed by atoms with Crippen molar-refractivity contribution in [3.8, 4) is 0 Å². The molecular weight excluding hydrogens is 222 g/mol. The SMILES string of the molecule is CCCCCC(C)NC(=O)/C=C/c1ccccc1. The minimum atomic E-state index is -0.0112. The van der Waals surface area contributed by atoms with E-state index in [0.717, 1.165) is 12.0 Å². The van der Waals surface area contributed by atoms with Gasteiger partial charge in [0.25, 0.3) is 0 Å². The van der Waals surface area contributed by atoms with Gasteiger partial charge in [0.05, 0.1) is 0 Å². The average molecular weight is 245 g/mol. The fourth-order valence-electron chi connectivity index (χ4n) is 1.80. The van der Waals surface area contributed by atoms with Crippen LogP contribution in [0.3, 0.4) is 0 Å². The molecule has 0 aliphatic carbocycles. The molecular formula is C16H23NO. The molecule has 0 bridgehead atoms. The molecule has 0 aliphatic heterocycles. The monoisotopic (exact) mass is 245 g/mol. The van der Waals surface area contributed by atoms with Crippen LogP contribution in [0.15, 0.2) is 36.4 Å². The Morgan fingerprint density at radius 2 is 2.00 bits per heavy atom. The van der Waals surface area contributed by atoms with Crippen molar-refractivity contribution in [1.29, 1.82) is 0 Å². The zero-order valence-corrected chi connectivity index (χ0v) is 11.4. The van der Waals surface area contributed by atoms with E-state index in [1.807, 2.05) is 36.4 Å². The second kappa shape index (κ2) is 8.51. The normalized spacial score (nSPS) is 12.6. The van der Waals surface area contributed by atoms with Crippen LogP contribution in [0.5, 0.6) is 0 Å². The van der Waals surface area contributed by atoms with E-state index in [9.17, 15) is 4.79 Å². The van der Waals surface area contributed by atoms with Crippen molar-refractivity contribution >= 4 is 12.0 Å². The summed E-state index contributed by atoms with van der Waals surface area (Å²) in [5.74, 6) is -0.0112. The van der Waals surface area contributed by atoms with Gasteiger partial charge in [0.2, 0.25) is 5.91 Å². The van der Waals surface area contributed by atoms with Gasteiger partial charge in [-0.2, -0.15) is 0 Å². The van der Waals surface area contributed by atoms with E-state index in [0.29, 0.717) is 0 Å². The molecule has 0 saturated heterocycles. The maximum Gasteiger partial charge on any atom is 0.244 e. The third-order valence-corrected chi connectivity index (χ3v) is 2.86. The summed E-state index contributed by atoms with van der Waals surface area (Å²) >= 11 is 0. The predicted molar refractivity (Wildman–Crippen MR) is 77.2 cm³/mol. The number of benzene rings is 1. The lowest BCUT2D eigenvalue weighted by atomic mass is 10.1. The maximum absolute atomic E-state index is 11.7. The van der Waals surface area contributed by atoms with Gasteiger partial charge in [0, 0.05) is 12.1 Å². The largest absolute Gasteiger partial charge is 0.350 e. The first-order chi connectivity index (χ1) is 8.72. The molecule has 1 aromatic carbocycles. The smallest absolute Gasteiger partial charge is 0.244 e. The van der Waals surface area contributed by atoms with Crippen molar-refractivity contribution in [2.45, 2.75) is 45.6 Å². The Kier molecular flexibility index (Phi) is 6.85. The fraction of sp³-hybridized carbons (Fsp3) is 0.438. The number of carbonyl (C=O) groups excluding carboxylic acids is 1. The summed E-state index contributed by atoms with van der Waals surface area (Å²) in [6.45, 7) is 4.25. The maximum atomic E-state index is 11.7. The van der Waals surface area contributed by atoms with Crippen LogP contribution >= 0.6 is 0 Å². The zero-order chi connectivity index (χ0) is 13.2. The Labute approximate surface area is 110 Å². The fourth-order valence-corrected chi connectivity index (χ4v) is 1.80. The van der Waals surface area contributed by atoms with Crippen molar-refractivity contribution in [3.63, 3.8) is 0 Å². The van der Waals surface area contributed by atoms with E-state index >= 15 is 0 Å². The van der Waals surface area contributed by atoms with Crippen molar-refractivity contribution in [1.82, 2.24) is 5.32 Å². The van der Waals surface area contributed by atoms with Crippen molar-refractivity contribution in [3.05, 3.63) is 42.0 Å². The molecule has 0 aliphatic rings. The Bertz CT molecular complexity index is 370. The van der Waals surface area contributed by atoms with Gasteiger partial charge in [-0.25, -0.2) is 0 Å². The van der Waals surface area contributed by atoms with Crippen LogP contribution in [0.2, 0.25) is 0 Å². The minimum absolute atomic E-state index is 0.0112. The molecule has 1 N–H and O–H groups in total. The van der Waals surface area contributed by atoms with Crippen LogP contribution in [0.1, 0.15) is 45.1 Å². The average Bonchev–Trinajstić information content (AvgIpc) is 2.38. The third-order valence-electron chi connectivity index (χ3n) is 2.86. The molecule has 1 aromatic rings. The first-order valence-electron chi connectivity index (χ1n) is 6.76. The van der Waals surface area contributed by atoms with Gasteiger partial charge in [-0.05, 0) is 25.0 Å². The Balaban J connectivity index is 2.30. The lowest BCUT2D eigenvalue weighted by Crippen LogP contribution is -2.30. The van der Waals surface area contributed by atoms with E-state index in [4.69, 9.17) is 0 Å². The topological polar surface area (TPSA) is 29.1 Å². The zero-order valence-electron chi connectivity index (χ0n) is 11.4. The van der Waals surface area contributed by atoms with E-state index < -0.39 is 0 Å². The van der Waals surface area contributed by atoms with Crippen molar-refractivity contribution in [2.24, 2.45) is 0 Å². The van der Waals surface area contributed by atoms with E-state index in [1.54, 1.807) is 6.08 Å². The summed E-state index contributed by atoms with van der Waals surface area (Å²) < 4.78 is 0. The molecule has 1 amide bonds. The lowest BCUT2D eigenvalue weighted by Gasteiger charge is -2.11. The molecule has 0 fully saturated rings. The molecule has 0 aromatic heterocycles. The van der Waals surface area contributed by atoms with Crippen LogP contribution in [0.25, 0.3) is 6.08 Å². The van der Waals surface area contributed by atoms with Gasteiger partial charge in [-0.15, -0.1) is 0 Å². The summed E-state index contributed by atoms with van der Waals surface area (Å²) in [6.07, 6.45) is 8.13. The van der Waals surface area contributed by atoms with E-state index in [-0.39, 0.29) is 11.9 Å². The predicted octanol–water partition coefficient (Wildman–Crippen LogP) is 3.78. The minimum Gasteiger partial charge on any atom is -0.350 e. The number of nitrogens with one attached hydrogen (secondary N) is 1. The number of hydrogen-bond acceptors (Lipinski definition) is 1. The lowest BCUT2D eigenvalue weighted by molar-refractivity contribution is -0.117. The highest BCUT2D eigenvalue weighted by atomic mass is 16.1. The molecule has 0 saturated carbocycles. The Morgan fingerprint density at radius 1 is 1.28 bits per heavy atom. The van der Waals surface area contributed by atoms with Crippen molar-refractivity contribution in [2.75, 3.05) is 0 Å². The van der Waals surface area contributed by atoms with Gasteiger partial charge in [0.15, 0.2) is 0 Å². The summed E-state index contributed by atoms with van der Waals surface area (Å²) in [6, 6.07) is 10.1. The highest BCUT2D eigenvalue weighted by Crippen LogP contribution is 2.03. The molecule has 0 radical (unpaired) electrons. The van der Waals surface area contributed by atoms with Crippen molar-refractivity contribution < 1.29 is 4.79 Å². The Hall–Kier alpha value is -1.57. The molecule has 18 heavy (non-hydrogen) atoms. The van der Waals surface area contributed by atoms with Crippen LogP contribution < -0.4 is 5.32 Å². The molecule has 1 atom stereocenters. The van der Waals surface area contributed by atoms with Crippen LogP contribution in [-0.4, -0.2) is 11.9 Å². The second-order valence-electron chi connectivity index (χ2n) is 4.65. The van der Waals surface area contributed by atoms with Gasteiger partial charge < -0.3 is 5.32 Å². The van der Waals surface area contributed by atoms with E-state index in [1.165, 1.54) is 19.3 Å². The van der Waals surface area contributed by atoms with E-state index in [2.05, 4.69) is 19.2 Å². The molecule has 2 nitrogen and oxygen atoms in total. The molecule has 1 rings (SSSR count). The quantitative estimate of drug-likeness (QED) is 0.575. The molecule has 98 valence electrons. The number of hydrogen-bond donors (Lipinski definition) is 1. The van der Waals surface area contributed by atoms with Crippen LogP contribution in [-0.2, 0) is 4.79 Å². The first kappa shape index (κ1) is 14.5. The summed E-state index contributed by atoms with van der Waals surface area (Å²) in [5, 5.41) is 2.98. The standard InChI is InChI=1S/C16H23NO/c1-3-4-6-9-14(2)17-16(18)13-12-15-10-7-5-8-11-15/h5,7-8,10-14H,3-4,6,9H2,1-2H3,(H,17,18)/b13-12+. The summed E-state index contributed by atoms with van der Waals surface area (Å²) in [5.41, 5.74) is 1.05. The second-order valence-corrected chi connectivity index (χ2v) is 4.65. The van der Waals surface area contributed by atoms with Gasteiger partial charge in [0.1, 0.15) is 0 Å². The number of carbonyl (C=O) groups is 1. The summed E-state index contributed by atoms with van der Waals surface area (Å²) in [7, 11) is 0. The van der Waals surface area contributed by atoms with Crippen LogP contribution in [0, 0.1) is 0 Å². The van der Waals surface area contributed by atoms with Gasteiger partial charge in [-0.3, -0.25) is 4.79 Å². The Morgan fingerprint density at radius 3 is 2.67 bits per heavy atom. The highest BCUT2D eigenvalue weighted by Gasteiger charge is 2.03. The molecule has 2 heteroatoms. The number of unbranched alkanes of at least 4 members (excludes halogenated alkanes) is 2.